The fraction of sp³-hybridized carbons (Fsp3) is 0.214. The molecule has 3 heteroatoms. The molecular weight excluding hydrogens is 216 g/mol. The minimum Gasteiger partial charge on any atom is -0.462 e. The van der Waals surface area contributed by atoms with Crippen LogP contribution in [-0.2, 0) is 4.74 Å². The molecule has 0 unspecified atom stereocenters. The van der Waals surface area contributed by atoms with Gasteiger partial charge in [0.2, 0.25) is 0 Å². The molecule has 0 fully saturated rings. The second-order valence-corrected chi connectivity index (χ2v) is 3.50. The number of aliphatic hydroxyl groups is 1. The van der Waals surface area contributed by atoms with Crippen LogP contribution in [0.3, 0.4) is 0 Å². The van der Waals surface area contributed by atoms with Crippen LogP contribution in [0.4, 0.5) is 0 Å². The van der Waals surface area contributed by atoms with Gasteiger partial charge in [-0.3, -0.25) is 0 Å². The molecule has 0 atom stereocenters. The van der Waals surface area contributed by atoms with Gasteiger partial charge in [0.1, 0.15) is 0 Å². The third kappa shape index (κ3) is 5.13. The van der Waals surface area contributed by atoms with Crippen LogP contribution >= 0.6 is 0 Å². The Hall–Kier alpha value is -1.87. The van der Waals surface area contributed by atoms with Crippen LogP contribution in [0.15, 0.2) is 54.6 Å². The predicted octanol–water partition coefficient (Wildman–Crippen LogP) is 2.34. The maximum Gasteiger partial charge on any atom is 0.338 e. The van der Waals surface area contributed by atoms with Crippen molar-refractivity contribution in [1.82, 2.24) is 0 Å². The molecule has 0 amide bonds. The van der Waals surface area contributed by atoms with Crippen molar-refractivity contribution in [3.05, 3.63) is 60.2 Å². The molecule has 0 bridgehead atoms. The third-order valence-corrected chi connectivity index (χ3v) is 2.12. The van der Waals surface area contributed by atoms with E-state index >= 15 is 0 Å². The van der Waals surface area contributed by atoms with Crippen LogP contribution in [0.25, 0.3) is 0 Å². The first-order valence-electron chi connectivity index (χ1n) is 5.41. The topological polar surface area (TPSA) is 46.5 Å². The third-order valence-electron chi connectivity index (χ3n) is 2.12. The minimum absolute atomic E-state index is 0.0111. The second-order valence-electron chi connectivity index (χ2n) is 3.50. The number of allylic oxidation sites excluding steroid dienone is 1. The Morgan fingerprint density at radius 2 is 2.06 bits per heavy atom. The molecule has 1 N–H and O–H groups in total. The van der Waals surface area contributed by atoms with Crippen LogP contribution in [0.2, 0.25) is 0 Å². The van der Waals surface area contributed by atoms with Crippen molar-refractivity contribution in [2.75, 3.05) is 13.2 Å². The van der Waals surface area contributed by atoms with Crippen LogP contribution < -0.4 is 0 Å². The lowest BCUT2D eigenvalue weighted by Gasteiger charge is -2.04. The van der Waals surface area contributed by atoms with Gasteiger partial charge in [-0.2, -0.15) is 0 Å². The van der Waals surface area contributed by atoms with Gasteiger partial charge in [0.05, 0.1) is 18.8 Å². The summed E-state index contributed by atoms with van der Waals surface area (Å²) in [5.74, 6) is -0.329. The highest BCUT2D eigenvalue weighted by molar-refractivity contribution is 5.89. The summed E-state index contributed by atoms with van der Waals surface area (Å²) in [7, 11) is 0. The zero-order valence-corrected chi connectivity index (χ0v) is 9.63. The standard InChI is InChI=1S/C14H16O3/c1-12(6-5-10-15)9-11-17-14(16)13-7-3-2-4-8-13/h2-8,15H,1,9-11H2/b6-5+. The molecule has 0 saturated carbocycles. The Balaban J connectivity index is 2.30. The van der Waals surface area contributed by atoms with Crippen molar-refractivity contribution < 1.29 is 14.6 Å². The fourth-order valence-electron chi connectivity index (χ4n) is 1.24. The number of hydrogen-bond donors (Lipinski definition) is 1. The molecule has 3 nitrogen and oxygen atoms in total. The lowest BCUT2D eigenvalue weighted by Crippen LogP contribution is -2.06. The van der Waals surface area contributed by atoms with E-state index in [0.717, 1.165) is 5.57 Å². The van der Waals surface area contributed by atoms with Gasteiger partial charge in [0.25, 0.3) is 0 Å². The summed E-state index contributed by atoms with van der Waals surface area (Å²) in [6.07, 6.45) is 3.88. The molecule has 1 rings (SSSR count). The Kier molecular flexibility index (Phi) is 5.75. The van der Waals surface area contributed by atoms with Crippen molar-refractivity contribution in [2.45, 2.75) is 6.42 Å². The van der Waals surface area contributed by atoms with Gasteiger partial charge >= 0.3 is 5.97 Å². The van der Waals surface area contributed by atoms with Crippen LogP contribution in [0.5, 0.6) is 0 Å². The van der Waals surface area contributed by atoms with Gasteiger partial charge < -0.3 is 9.84 Å². The molecule has 0 saturated heterocycles. The number of aliphatic hydroxyl groups excluding tert-OH is 1. The van der Waals surface area contributed by atoms with Gasteiger partial charge in [-0.05, 0) is 12.1 Å². The van der Waals surface area contributed by atoms with Crippen LogP contribution in [-0.4, -0.2) is 24.3 Å². The molecule has 0 aliphatic heterocycles. The summed E-state index contributed by atoms with van der Waals surface area (Å²) in [4.78, 5) is 11.5. The summed E-state index contributed by atoms with van der Waals surface area (Å²) in [5, 5.41) is 8.56. The smallest absolute Gasteiger partial charge is 0.338 e. The van der Waals surface area contributed by atoms with E-state index < -0.39 is 0 Å². The SMILES string of the molecule is C=C(/C=C/CO)CCOC(=O)c1ccccc1. The Bertz CT molecular complexity index is 393. The first-order chi connectivity index (χ1) is 8.24. The highest BCUT2D eigenvalue weighted by atomic mass is 16.5. The first-order valence-corrected chi connectivity index (χ1v) is 5.41. The number of ether oxygens (including phenoxy) is 1. The van der Waals surface area contributed by atoms with E-state index in [4.69, 9.17) is 9.84 Å². The van der Waals surface area contributed by atoms with Gasteiger partial charge in [0, 0.05) is 6.42 Å². The zero-order valence-electron chi connectivity index (χ0n) is 9.63. The van der Waals surface area contributed by atoms with Gasteiger partial charge in [0.15, 0.2) is 0 Å². The van der Waals surface area contributed by atoms with Crippen LogP contribution in [0, 0.1) is 0 Å². The predicted molar refractivity (Wildman–Crippen MR) is 66.7 cm³/mol. The first kappa shape index (κ1) is 13.2. The number of carbonyl (C=O) groups is 1. The number of carbonyl (C=O) groups excluding carboxylic acids is 1. The molecular formula is C14H16O3. The number of esters is 1. The van der Waals surface area contributed by atoms with E-state index in [1.165, 1.54) is 0 Å². The molecule has 0 heterocycles. The van der Waals surface area contributed by atoms with E-state index in [1.807, 2.05) is 6.07 Å². The summed E-state index contributed by atoms with van der Waals surface area (Å²) in [6.45, 7) is 4.06. The lowest BCUT2D eigenvalue weighted by molar-refractivity contribution is 0.0510. The van der Waals surface area contributed by atoms with Gasteiger partial charge in [-0.25, -0.2) is 4.79 Å². The molecule has 17 heavy (non-hydrogen) atoms. The highest BCUT2D eigenvalue weighted by Gasteiger charge is 2.04. The molecule has 1 aromatic carbocycles. The summed E-state index contributed by atoms with van der Waals surface area (Å²) < 4.78 is 5.08. The molecule has 0 aliphatic carbocycles. The van der Waals surface area contributed by atoms with E-state index in [1.54, 1.807) is 36.4 Å². The summed E-state index contributed by atoms with van der Waals surface area (Å²) in [6, 6.07) is 8.85. The quantitative estimate of drug-likeness (QED) is 0.605. The van der Waals surface area contributed by atoms with E-state index in [2.05, 4.69) is 6.58 Å². The van der Waals surface area contributed by atoms with Crippen molar-refractivity contribution in [3.63, 3.8) is 0 Å². The van der Waals surface area contributed by atoms with E-state index in [9.17, 15) is 4.79 Å². The van der Waals surface area contributed by atoms with Crippen molar-refractivity contribution in [1.29, 1.82) is 0 Å². The normalized spacial score (nSPS) is 10.4. The summed E-state index contributed by atoms with van der Waals surface area (Å²) in [5.41, 5.74) is 1.36. The Labute approximate surface area is 101 Å². The maximum absolute atomic E-state index is 11.5. The molecule has 0 radical (unpaired) electrons. The van der Waals surface area contributed by atoms with E-state index in [0.29, 0.717) is 18.6 Å². The summed E-state index contributed by atoms with van der Waals surface area (Å²) >= 11 is 0. The molecule has 0 aliphatic rings. The Morgan fingerprint density at radius 1 is 1.35 bits per heavy atom. The van der Waals surface area contributed by atoms with Crippen molar-refractivity contribution >= 4 is 5.97 Å². The molecule has 0 aromatic heterocycles. The van der Waals surface area contributed by atoms with Crippen LogP contribution in [0.1, 0.15) is 16.8 Å². The average Bonchev–Trinajstić information content (AvgIpc) is 2.37. The Morgan fingerprint density at radius 3 is 2.71 bits per heavy atom. The molecule has 1 aromatic rings. The average molecular weight is 232 g/mol. The lowest BCUT2D eigenvalue weighted by atomic mass is 10.2. The van der Waals surface area contributed by atoms with Crippen molar-refractivity contribution in [2.24, 2.45) is 0 Å². The number of rotatable bonds is 6. The fourth-order valence-corrected chi connectivity index (χ4v) is 1.24. The maximum atomic E-state index is 11.5. The largest absolute Gasteiger partial charge is 0.462 e. The number of benzene rings is 1. The van der Waals surface area contributed by atoms with Gasteiger partial charge in [-0.1, -0.05) is 42.5 Å². The number of hydrogen-bond acceptors (Lipinski definition) is 3. The minimum atomic E-state index is -0.329. The monoisotopic (exact) mass is 232 g/mol. The second kappa shape index (κ2) is 7.41. The molecule has 0 spiro atoms. The van der Waals surface area contributed by atoms with Crippen molar-refractivity contribution in [3.8, 4) is 0 Å². The van der Waals surface area contributed by atoms with E-state index in [-0.39, 0.29) is 12.6 Å². The molecule has 90 valence electrons. The zero-order chi connectivity index (χ0) is 12.5. The highest BCUT2D eigenvalue weighted by Crippen LogP contribution is 2.04. The van der Waals surface area contributed by atoms with Gasteiger partial charge in [-0.15, -0.1) is 0 Å².